The lowest BCUT2D eigenvalue weighted by Crippen LogP contribution is -2.28. The Bertz CT molecular complexity index is 643. The molecule has 1 heterocycles. The minimum absolute atomic E-state index is 0.111. The van der Waals surface area contributed by atoms with Crippen molar-refractivity contribution in [1.82, 2.24) is 10.5 Å². The van der Waals surface area contributed by atoms with Crippen molar-refractivity contribution in [1.29, 1.82) is 5.41 Å². The third kappa shape index (κ3) is 4.02. The lowest BCUT2D eigenvalue weighted by atomic mass is 10.1. The SMILES string of the molecule is N=C(NO)C(=NOCc1cccc(N)n1)c1ccccc1. The van der Waals surface area contributed by atoms with Gasteiger partial charge in [0.05, 0.1) is 5.69 Å². The maximum Gasteiger partial charge on any atom is 0.172 e. The van der Waals surface area contributed by atoms with Gasteiger partial charge in [0.1, 0.15) is 5.82 Å². The molecule has 0 spiro atoms. The van der Waals surface area contributed by atoms with E-state index in [4.69, 9.17) is 21.2 Å². The van der Waals surface area contributed by atoms with Crippen LogP contribution in [0.25, 0.3) is 0 Å². The molecule has 7 heteroatoms. The molecule has 1 aromatic carbocycles. The van der Waals surface area contributed by atoms with E-state index < -0.39 is 0 Å². The van der Waals surface area contributed by atoms with Gasteiger partial charge in [-0.25, -0.2) is 4.98 Å². The number of pyridine rings is 1. The van der Waals surface area contributed by atoms with Crippen LogP contribution in [-0.2, 0) is 11.4 Å². The van der Waals surface area contributed by atoms with Crippen molar-refractivity contribution in [3.8, 4) is 0 Å². The molecule has 0 saturated heterocycles. The standard InChI is InChI=1S/C14H15N5O2/c15-12-8-4-7-11(17-12)9-21-19-13(14(16)18-20)10-5-2-1-3-6-10/h1-8,20H,9H2,(H2,15,17)(H2,16,18). The first-order chi connectivity index (χ1) is 10.2. The quantitative estimate of drug-likeness (QED) is 0.378. The lowest BCUT2D eigenvalue weighted by Gasteiger charge is -2.07. The van der Waals surface area contributed by atoms with Crippen molar-refractivity contribution < 1.29 is 10.0 Å². The lowest BCUT2D eigenvalue weighted by molar-refractivity contribution is 0.128. The zero-order valence-electron chi connectivity index (χ0n) is 11.2. The molecule has 0 aliphatic carbocycles. The smallest absolute Gasteiger partial charge is 0.172 e. The zero-order chi connectivity index (χ0) is 15.1. The number of rotatable bonds is 5. The molecule has 0 radical (unpaired) electrons. The summed E-state index contributed by atoms with van der Waals surface area (Å²) < 4.78 is 0. The van der Waals surface area contributed by atoms with Crippen molar-refractivity contribution in [3.05, 3.63) is 59.8 Å². The number of hydroxylamine groups is 1. The van der Waals surface area contributed by atoms with Gasteiger partial charge >= 0.3 is 0 Å². The van der Waals surface area contributed by atoms with Crippen LogP contribution in [0.2, 0.25) is 0 Å². The van der Waals surface area contributed by atoms with Gasteiger partial charge in [0.15, 0.2) is 18.2 Å². The highest BCUT2D eigenvalue weighted by molar-refractivity contribution is 6.46. The summed E-state index contributed by atoms with van der Waals surface area (Å²) in [6.07, 6.45) is 0. The third-order valence-electron chi connectivity index (χ3n) is 2.59. The molecule has 0 amide bonds. The molecule has 2 aromatic rings. The number of oxime groups is 1. The summed E-state index contributed by atoms with van der Waals surface area (Å²) in [7, 11) is 0. The molecule has 0 bridgehead atoms. The average Bonchev–Trinajstić information content (AvgIpc) is 2.52. The molecule has 0 saturated carbocycles. The number of nitrogen functional groups attached to an aromatic ring is 1. The Kier molecular flexibility index (Phi) is 4.84. The van der Waals surface area contributed by atoms with Gasteiger partial charge in [0.2, 0.25) is 0 Å². The van der Waals surface area contributed by atoms with Crippen LogP contribution >= 0.6 is 0 Å². The Balaban J connectivity index is 2.12. The van der Waals surface area contributed by atoms with Gasteiger partial charge in [-0.05, 0) is 12.1 Å². The Hall–Kier alpha value is -2.93. The van der Waals surface area contributed by atoms with Gasteiger partial charge in [-0.15, -0.1) is 0 Å². The molecule has 0 aliphatic rings. The van der Waals surface area contributed by atoms with E-state index in [9.17, 15) is 0 Å². The number of nitrogens with two attached hydrogens (primary N) is 1. The fourth-order valence-electron chi connectivity index (χ4n) is 1.63. The molecule has 21 heavy (non-hydrogen) atoms. The molecule has 108 valence electrons. The normalized spacial score (nSPS) is 11.0. The molecule has 2 rings (SSSR count). The van der Waals surface area contributed by atoms with Crippen LogP contribution in [0.5, 0.6) is 0 Å². The Morgan fingerprint density at radius 1 is 1.24 bits per heavy atom. The molecular weight excluding hydrogens is 270 g/mol. The van der Waals surface area contributed by atoms with Crippen molar-refractivity contribution in [2.24, 2.45) is 5.16 Å². The highest BCUT2D eigenvalue weighted by atomic mass is 16.6. The van der Waals surface area contributed by atoms with E-state index in [-0.39, 0.29) is 18.2 Å². The van der Waals surface area contributed by atoms with Crippen LogP contribution in [0, 0.1) is 5.41 Å². The van der Waals surface area contributed by atoms with Crippen molar-refractivity contribution in [2.75, 3.05) is 5.73 Å². The second-order valence-corrected chi connectivity index (χ2v) is 4.12. The van der Waals surface area contributed by atoms with E-state index in [2.05, 4.69) is 10.1 Å². The fraction of sp³-hybridized carbons (Fsp3) is 0.0714. The number of hydrogen-bond acceptors (Lipinski definition) is 6. The molecule has 0 atom stereocenters. The Labute approximate surface area is 121 Å². The summed E-state index contributed by atoms with van der Waals surface area (Å²) in [5.74, 6) is 0.134. The highest BCUT2D eigenvalue weighted by Crippen LogP contribution is 2.05. The van der Waals surface area contributed by atoms with Crippen LogP contribution in [-0.4, -0.2) is 21.7 Å². The number of aromatic nitrogens is 1. The van der Waals surface area contributed by atoms with E-state index in [1.54, 1.807) is 47.9 Å². The predicted molar refractivity (Wildman–Crippen MR) is 79.1 cm³/mol. The van der Waals surface area contributed by atoms with Crippen molar-refractivity contribution >= 4 is 17.4 Å². The maximum absolute atomic E-state index is 8.88. The monoisotopic (exact) mass is 285 g/mol. The number of nitrogens with zero attached hydrogens (tertiary/aromatic N) is 2. The second kappa shape index (κ2) is 7.01. The Morgan fingerprint density at radius 3 is 2.67 bits per heavy atom. The first-order valence-electron chi connectivity index (χ1n) is 6.16. The number of amidine groups is 1. The minimum Gasteiger partial charge on any atom is -0.389 e. The fourth-order valence-corrected chi connectivity index (χ4v) is 1.63. The van der Waals surface area contributed by atoms with E-state index in [0.29, 0.717) is 17.1 Å². The summed E-state index contributed by atoms with van der Waals surface area (Å²) in [6.45, 7) is 0.111. The van der Waals surface area contributed by atoms with Gasteiger partial charge in [-0.2, -0.15) is 0 Å². The molecule has 0 aliphatic heterocycles. The summed E-state index contributed by atoms with van der Waals surface area (Å²) in [6, 6.07) is 14.1. The molecule has 7 nitrogen and oxygen atoms in total. The van der Waals surface area contributed by atoms with Gasteiger partial charge < -0.3 is 10.6 Å². The summed E-state index contributed by atoms with van der Waals surface area (Å²) in [5, 5.41) is 20.4. The molecule has 0 fully saturated rings. The summed E-state index contributed by atoms with van der Waals surface area (Å²) >= 11 is 0. The first kappa shape index (κ1) is 14.5. The van der Waals surface area contributed by atoms with Crippen LogP contribution in [0.3, 0.4) is 0 Å². The summed E-state index contributed by atoms with van der Waals surface area (Å²) in [4.78, 5) is 9.26. The minimum atomic E-state index is -0.262. The van der Waals surface area contributed by atoms with Gasteiger partial charge in [-0.3, -0.25) is 16.1 Å². The molecule has 0 unspecified atom stereocenters. The maximum atomic E-state index is 8.88. The van der Waals surface area contributed by atoms with E-state index in [0.717, 1.165) is 0 Å². The van der Waals surface area contributed by atoms with Crippen LogP contribution < -0.4 is 11.2 Å². The predicted octanol–water partition coefficient (Wildman–Crippen LogP) is 1.54. The van der Waals surface area contributed by atoms with E-state index in [1.165, 1.54) is 0 Å². The van der Waals surface area contributed by atoms with Crippen molar-refractivity contribution in [2.45, 2.75) is 6.61 Å². The van der Waals surface area contributed by atoms with Gasteiger partial charge in [0, 0.05) is 5.56 Å². The van der Waals surface area contributed by atoms with Gasteiger partial charge in [0.25, 0.3) is 0 Å². The largest absolute Gasteiger partial charge is 0.389 e. The zero-order valence-corrected chi connectivity index (χ0v) is 11.2. The van der Waals surface area contributed by atoms with Crippen LogP contribution in [0.4, 0.5) is 5.82 Å². The third-order valence-corrected chi connectivity index (χ3v) is 2.59. The number of hydrogen-bond donors (Lipinski definition) is 4. The molecular formula is C14H15N5O2. The van der Waals surface area contributed by atoms with Crippen LogP contribution in [0.1, 0.15) is 11.3 Å². The molecule has 1 aromatic heterocycles. The van der Waals surface area contributed by atoms with Crippen molar-refractivity contribution in [3.63, 3.8) is 0 Å². The molecule has 5 N–H and O–H groups in total. The van der Waals surface area contributed by atoms with E-state index >= 15 is 0 Å². The average molecular weight is 285 g/mol. The Morgan fingerprint density at radius 2 is 2.00 bits per heavy atom. The second-order valence-electron chi connectivity index (χ2n) is 4.12. The van der Waals surface area contributed by atoms with Gasteiger partial charge in [-0.1, -0.05) is 41.6 Å². The first-order valence-corrected chi connectivity index (χ1v) is 6.16. The number of anilines is 1. The number of nitrogens with one attached hydrogen (secondary N) is 2. The summed E-state index contributed by atoms with van der Waals surface area (Å²) in [5.41, 5.74) is 8.78. The highest BCUT2D eigenvalue weighted by Gasteiger charge is 2.10. The van der Waals surface area contributed by atoms with E-state index in [1.807, 2.05) is 6.07 Å². The van der Waals surface area contributed by atoms with Crippen LogP contribution in [0.15, 0.2) is 53.7 Å². The number of benzene rings is 1. The topological polar surface area (TPSA) is 117 Å².